The van der Waals surface area contributed by atoms with Crippen LogP contribution in [-0.4, -0.2) is 5.91 Å². The molecule has 2 aromatic carbocycles. The predicted octanol–water partition coefficient (Wildman–Crippen LogP) is 3.90. The first-order chi connectivity index (χ1) is 9.88. The molecule has 1 amide bonds. The van der Waals surface area contributed by atoms with Crippen molar-refractivity contribution in [3.8, 4) is 0 Å². The average Bonchev–Trinajstić information content (AvgIpc) is 2.41. The van der Waals surface area contributed by atoms with E-state index < -0.39 is 29.4 Å². The van der Waals surface area contributed by atoms with Crippen molar-refractivity contribution in [3.63, 3.8) is 0 Å². The maximum Gasteiger partial charge on any atom is 0.252 e. The second kappa shape index (κ2) is 5.99. The summed E-state index contributed by atoms with van der Waals surface area (Å²) in [5, 5.41) is 2.57. The fourth-order valence-corrected chi connectivity index (χ4v) is 2.08. The minimum atomic E-state index is -0.711. The molecule has 5 heteroatoms. The number of carbonyl (C=O) groups excluding carboxylic acids is 1. The van der Waals surface area contributed by atoms with Crippen LogP contribution in [0.4, 0.5) is 13.2 Å². The van der Waals surface area contributed by atoms with Gasteiger partial charge in [0.05, 0.1) is 6.04 Å². The fourth-order valence-electron chi connectivity index (χ4n) is 2.08. The Labute approximate surface area is 120 Å². The fraction of sp³-hybridized carbons (Fsp3) is 0.188. The smallest absolute Gasteiger partial charge is 0.252 e. The van der Waals surface area contributed by atoms with Crippen molar-refractivity contribution in [3.05, 3.63) is 70.5 Å². The molecule has 1 N–H and O–H groups in total. The third kappa shape index (κ3) is 3.42. The Balaban J connectivity index is 2.20. The molecule has 2 rings (SSSR count). The molecule has 0 aromatic heterocycles. The monoisotopic (exact) mass is 293 g/mol. The molecule has 0 heterocycles. The molecule has 1 unspecified atom stereocenters. The van der Waals surface area contributed by atoms with Gasteiger partial charge in [0.2, 0.25) is 0 Å². The number of hydrogen-bond donors (Lipinski definition) is 1. The van der Waals surface area contributed by atoms with Gasteiger partial charge in [0.1, 0.15) is 17.5 Å². The summed E-state index contributed by atoms with van der Waals surface area (Å²) in [6.45, 7) is 3.15. The van der Waals surface area contributed by atoms with Gasteiger partial charge in [-0.05, 0) is 55.8 Å². The van der Waals surface area contributed by atoms with E-state index in [0.29, 0.717) is 11.1 Å². The molecule has 0 saturated heterocycles. The van der Waals surface area contributed by atoms with Crippen LogP contribution in [0.25, 0.3) is 0 Å². The van der Waals surface area contributed by atoms with Gasteiger partial charge >= 0.3 is 0 Å². The molecule has 0 aliphatic heterocycles. The maximum atomic E-state index is 13.6. The first kappa shape index (κ1) is 15.1. The molecule has 2 nitrogen and oxygen atoms in total. The Morgan fingerprint density at radius 2 is 1.67 bits per heavy atom. The number of benzene rings is 2. The van der Waals surface area contributed by atoms with Gasteiger partial charge in [-0.25, -0.2) is 13.2 Å². The molecular weight excluding hydrogens is 279 g/mol. The molecular formula is C16H14F3NO. The third-order valence-electron chi connectivity index (χ3n) is 3.21. The van der Waals surface area contributed by atoms with Crippen LogP contribution >= 0.6 is 0 Å². The van der Waals surface area contributed by atoms with Gasteiger partial charge in [-0.2, -0.15) is 0 Å². The minimum Gasteiger partial charge on any atom is -0.345 e. The van der Waals surface area contributed by atoms with Crippen LogP contribution in [0.3, 0.4) is 0 Å². The van der Waals surface area contributed by atoms with Gasteiger partial charge in [0.15, 0.2) is 0 Å². The highest BCUT2D eigenvalue weighted by atomic mass is 19.1. The van der Waals surface area contributed by atoms with Crippen molar-refractivity contribution in [1.29, 1.82) is 0 Å². The Morgan fingerprint density at radius 3 is 2.33 bits per heavy atom. The van der Waals surface area contributed by atoms with Crippen LogP contribution < -0.4 is 5.32 Å². The van der Waals surface area contributed by atoms with E-state index in [1.54, 1.807) is 13.8 Å². The average molecular weight is 293 g/mol. The van der Waals surface area contributed by atoms with Gasteiger partial charge in [0.25, 0.3) is 5.91 Å². The van der Waals surface area contributed by atoms with Crippen LogP contribution in [0.1, 0.15) is 34.5 Å². The number of nitrogens with one attached hydrogen (secondary N) is 1. The summed E-state index contributed by atoms with van der Waals surface area (Å²) in [6, 6.07) is 6.12. The zero-order valence-corrected chi connectivity index (χ0v) is 11.6. The van der Waals surface area contributed by atoms with E-state index in [0.717, 1.165) is 18.2 Å². The number of amides is 1. The third-order valence-corrected chi connectivity index (χ3v) is 3.21. The highest BCUT2D eigenvalue weighted by Gasteiger charge is 2.17. The topological polar surface area (TPSA) is 29.1 Å². The zero-order chi connectivity index (χ0) is 15.6. The molecule has 0 aliphatic rings. The Kier molecular flexibility index (Phi) is 4.31. The maximum absolute atomic E-state index is 13.6. The molecule has 0 saturated carbocycles. The quantitative estimate of drug-likeness (QED) is 0.913. The first-order valence-electron chi connectivity index (χ1n) is 6.40. The molecule has 0 radical (unpaired) electrons. The summed E-state index contributed by atoms with van der Waals surface area (Å²) < 4.78 is 39.8. The van der Waals surface area contributed by atoms with Crippen LogP contribution in [0, 0.1) is 24.4 Å². The molecule has 110 valence electrons. The summed E-state index contributed by atoms with van der Waals surface area (Å²) in [4.78, 5) is 12.1. The van der Waals surface area contributed by atoms with Gasteiger partial charge in [-0.15, -0.1) is 0 Å². The number of halogens is 3. The van der Waals surface area contributed by atoms with Gasteiger partial charge < -0.3 is 5.32 Å². The SMILES string of the molecule is Cc1cc(F)ccc1C(=O)NC(C)c1cc(F)ccc1F. The summed E-state index contributed by atoms with van der Waals surface area (Å²) in [5.74, 6) is -2.08. The zero-order valence-electron chi connectivity index (χ0n) is 11.6. The predicted molar refractivity (Wildman–Crippen MR) is 73.4 cm³/mol. The van der Waals surface area contributed by atoms with E-state index >= 15 is 0 Å². The van der Waals surface area contributed by atoms with Gasteiger partial charge in [-0.3, -0.25) is 4.79 Å². The summed E-state index contributed by atoms with van der Waals surface area (Å²) >= 11 is 0. The molecule has 21 heavy (non-hydrogen) atoms. The van der Waals surface area contributed by atoms with Crippen molar-refractivity contribution in [2.45, 2.75) is 19.9 Å². The molecule has 1 atom stereocenters. The second-order valence-corrected chi connectivity index (χ2v) is 4.82. The Bertz CT molecular complexity index is 685. The van der Waals surface area contributed by atoms with Crippen LogP contribution in [-0.2, 0) is 0 Å². The lowest BCUT2D eigenvalue weighted by Gasteiger charge is -2.16. The summed E-state index contributed by atoms with van der Waals surface area (Å²) in [5.41, 5.74) is 0.822. The van der Waals surface area contributed by atoms with E-state index in [9.17, 15) is 18.0 Å². The van der Waals surface area contributed by atoms with E-state index in [-0.39, 0.29) is 5.56 Å². The largest absolute Gasteiger partial charge is 0.345 e. The van der Waals surface area contributed by atoms with Crippen LogP contribution in [0.15, 0.2) is 36.4 Å². The lowest BCUT2D eigenvalue weighted by Crippen LogP contribution is -2.28. The van der Waals surface area contributed by atoms with E-state index in [2.05, 4.69) is 5.32 Å². The standard InChI is InChI=1S/C16H14F3NO/c1-9-7-11(17)3-5-13(9)16(21)20-10(2)14-8-12(18)4-6-15(14)19/h3-8,10H,1-2H3,(H,20,21). The van der Waals surface area contributed by atoms with Gasteiger partial charge in [-0.1, -0.05) is 0 Å². The number of rotatable bonds is 3. The van der Waals surface area contributed by atoms with Gasteiger partial charge in [0, 0.05) is 11.1 Å². The van der Waals surface area contributed by atoms with Crippen LogP contribution in [0.5, 0.6) is 0 Å². The number of aryl methyl sites for hydroxylation is 1. The normalized spacial score (nSPS) is 12.0. The van der Waals surface area contributed by atoms with Crippen LogP contribution in [0.2, 0.25) is 0 Å². The lowest BCUT2D eigenvalue weighted by atomic mass is 10.0. The summed E-state index contributed by atoms with van der Waals surface area (Å²) in [7, 11) is 0. The molecule has 0 fully saturated rings. The van der Waals surface area contributed by atoms with E-state index in [1.165, 1.54) is 18.2 Å². The summed E-state index contributed by atoms with van der Waals surface area (Å²) in [6.07, 6.45) is 0. The Morgan fingerprint density at radius 1 is 1.05 bits per heavy atom. The number of carbonyl (C=O) groups is 1. The highest BCUT2D eigenvalue weighted by molar-refractivity contribution is 5.95. The molecule has 0 aliphatic carbocycles. The Hall–Kier alpha value is -2.30. The van der Waals surface area contributed by atoms with Crippen molar-refractivity contribution in [2.75, 3.05) is 0 Å². The minimum absolute atomic E-state index is 0.0584. The second-order valence-electron chi connectivity index (χ2n) is 4.82. The highest BCUT2D eigenvalue weighted by Crippen LogP contribution is 2.19. The molecule has 0 spiro atoms. The van der Waals surface area contributed by atoms with Crippen molar-refractivity contribution in [1.82, 2.24) is 5.32 Å². The molecule has 2 aromatic rings. The van der Waals surface area contributed by atoms with E-state index in [4.69, 9.17) is 0 Å². The van der Waals surface area contributed by atoms with Crippen molar-refractivity contribution < 1.29 is 18.0 Å². The van der Waals surface area contributed by atoms with E-state index in [1.807, 2.05) is 0 Å². The lowest BCUT2D eigenvalue weighted by molar-refractivity contribution is 0.0938. The molecule has 0 bridgehead atoms. The number of hydrogen-bond acceptors (Lipinski definition) is 1. The first-order valence-corrected chi connectivity index (χ1v) is 6.40. The van der Waals surface area contributed by atoms with Crippen molar-refractivity contribution in [2.24, 2.45) is 0 Å². The van der Waals surface area contributed by atoms with Crippen molar-refractivity contribution >= 4 is 5.91 Å².